The van der Waals surface area contributed by atoms with E-state index in [9.17, 15) is 14.0 Å². The van der Waals surface area contributed by atoms with E-state index in [0.717, 1.165) is 17.6 Å². The number of nitrogens with two attached hydrogens (primary N) is 1. The second-order valence-electron chi connectivity index (χ2n) is 5.51. The monoisotopic (exact) mass is 372 g/mol. The van der Waals surface area contributed by atoms with Crippen LogP contribution in [0.3, 0.4) is 0 Å². The van der Waals surface area contributed by atoms with Crippen LogP contribution >= 0.6 is 11.5 Å². The zero-order valence-corrected chi connectivity index (χ0v) is 14.1. The van der Waals surface area contributed by atoms with Crippen LogP contribution < -0.4 is 22.0 Å². The molecule has 0 spiro atoms. The summed E-state index contributed by atoms with van der Waals surface area (Å²) in [6, 6.07) is 2.64. The van der Waals surface area contributed by atoms with Crippen molar-refractivity contribution in [3.8, 4) is 5.82 Å². The summed E-state index contributed by atoms with van der Waals surface area (Å²) in [5.41, 5.74) is 5.05. The highest BCUT2D eigenvalue weighted by Crippen LogP contribution is 2.27. The number of fused-ring (bicyclic) bond motifs is 2. The molecular formula is C16H13FN6O2S. The van der Waals surface area contributed by atoms with E-state index in [0.29, 0.717) is 29.3 Å². The molecule has 0 saturated heterocycles. The van der Waals surface area contributed by atoms with Crippen LogP contribution in [0.2, 0.25) is 0 Å². The smallest absolute Gasteiger partial charge is 0.271 e. The number of aromatic nitrogens is 4. The van der Waals surface area contributed by atoms with Gasteiger partial charge in [-0.25, -0.2) is 9.37 Å². The lowest BCUT2D eigenvalue weighted by molar-refractivity contribution is 0.632. The molecule has 3 heterocycles. The van der Waals surface area contributed by atoms with Crippen LogP contribution in [0.4, 0.5) is 10.1 Å². The second-order valence-corrected chi connectivity index (χ2v) is 6.30. The third-order valence-corrected chi connectivity index (χ3v) is 4.79. The number of anilines is 1. The zero-order chi connectivity index (χ0) is 18.3. The van der Waals surface area contributed by atoms with E-state index in [-0.39, 0.29) is 16.5 Å². The molecule has 132 valence electrons. The lowest BCUT2D eigenvalue weighted by Gasteiger charge is -2.13. The van der Waals surface area contributed by atoms with E-state index in [1.54, 1.807) is 4.57 Å². The molecule has 0 radical (unpaired) electrons. The number of nitrogens with zero attached hydrogens (tertiary/aromatic N) is 3. The molecule has 1 aromatic carbocycles. The number of nitrogens with one attached hydrogen (secondary N) is 2. The van der Waals surface area contributed by atoms with Crippen molar-refractivity contribution in [2.75, 3.05) is 18.4 Å². The topological polar surface area (TPSA) is 119 Å². The lowest BCUT2D eigenvalue weighted by Crippen LogP contribution is -2.17. The summed E-state index contributed by atoms with van der Waals surface area (Å²) < 4.78 is 18.6. The Morgan fingerprint density at radius 2 is 2.15 bits per heavy atom. The highest BCUT2D eigenvalue weighted by molar-refractivity contribution is 7.12. The molecule has 0 bridgehead atoms. The first-order valence-corrected chi connectivity index (χ1v) is 8.53. The molecule has 4 rings (SSSR count). The predicted molar refractivity (Wildman–Crippen MR) is 98.6 cm³/mol. The third-order valence-electron chi connectivity index (χ3n) is 3.92. The van der Waals surface area contributed by atoms with Gasteiger partial charge in [0.2, 0.25) is 5.43 Å². The standard InChI is InChI=1S/C16H13FN6O2S/c17-9-5-8-11(6-10(9)20-2-1-18)23(12-7-19-3-4-21-12)16-13(14(8)24)15(25)22-26-16/h3-7,20H,1-2,18H2,(H,22,25). The first kappa shape index (κ1) is 16.4. The number of halogens is 1. The van der Waals surface area contributed by atoms with Crippen molar-refractivity contribution in [2.45, 2.75) is 0 Å². The van der Waals surface area contributed by atoms with Gasteiger partial charge in [0, 0.05) is 25.5 Å². The largest absolute Gasteiger partial charge is 0.381 e. The Kier molecular flexibility index (Phi) is 3.98. The summed E-state index contributed by atoms with van der Waals surface area (Å²) in [6.07, 6.45) is 4.51. The van der Waals surface area contributed by atoms with Gasteiger partial charge in [-0.1, -0.05) is 0 Å². The minimum Gasteiger partial charge on any atom is -0.381 e. The van der Waals surface area contributed by atoms with Gasteiger partial charge in [0.25, 0.3) is 5.56 Å². The Hall–Kier alpha value is -3.11. The van der Waals surface area contributed by atoms with Crippen molar-refractivity contribution in [1.82, 2.24) is 18.9 Å². The Bertz CT molecular complexity index is 1230. The summed E-state index contributed by atoms with van der Waals surface area (Å²) in [6.45, 7) is 0.699. The van der Waals surface area contributed by atoms with Crippen LogP contribution in [-0.2, 0) is 0 Å². The maximum absolute atomic E-state index is 14.4. The first-order valence-electron chi connectivity index (χ1n) is 7.71. The normalized spacial score (nSPS) is 11.3. The molecule has 10 heteroatoms. The summed E-state index contributed by atoms with van der Waals surface area (Å²) in [4.78, 5) is 33.6. The molecule has 0 aliphatic carbocycles. The van der Waals surface area contributed by atoms with Crippen LogP contribution in [-0.4, -0.2) is 32.0 Å². The molecule has 4 N–H and O–H groups in total. The molecule has 0 amide bonds. The zero-order valence-electron chi connectivity index (χ0n) is 13.3. The van der Waals surface area contributed by atoms with Crippen LogP contribution in [0.25, 0.3) is 26.9 Å². The van der Waals surface area contributed by atoms with Crippen LogP contribution in [0, 0.1) is 5.82 Å². The van der Waals surface area contributed by atoms with E-state index in [2.05, 4.69) is 19.7 Å². The summed E-state index contributed by atoms with van der Waals surface area (Å²) >= 11 is 1.02. The first-order chi connectivity index (χ1) is 12.6. The quantitative estimate of drug-likeness (QED) is 0.495. The van der Waals surface area contributed by atoms with Gasteiger partial charge in [-0.3, -0.25) is 23.5 Å². The summed E-state index contributed by atoms with van der Waals surface area (Å²) in [7, 11) is 0. The van der Waals surface area contributed by atoms with Crippen molar-refractivity contribution in [3.63, 3.8) is 0 Å². The van der Waals surface area contributed by atoms with Crippen molar-refractivity contribution < 1.29 is 4.39 Å². The maximum atomic E-state index is 14.4. The predicted octanol–water partition coefficient (Wildman–Crippen LogP) is 1.19. The fraction of sp³-hybridized carbons (Fsp3) is 0.125. The van der Waals surface area contributed by atoms with Crippen LogP contribution in [0.5, 0.6) is 0 Å². The molecule has 4 aromatic rings. The van der Waals surface area contributed by atoms with Gasteiger partial charge in [-0.15, -0.1) is 0 Å². The van der Waals surface area contributed by atoms with Gasteiger partial charge in [0.1, 0.15) is 16.0 Å². The molecule has 0 aliphatic heterocycles. The molecule has 0 aliphatic rings. The minimum absolute atomic E-state index is 0.0322. The fourth-order valence-electron chi connectivity index (χ4n) is 2.80. The van der Waals surface area contributed by atoms with Crippen molar-refractivity contribution >= 4 is 38.3 Å². The molecule has 26 heavy (non-hydrogen) atoms. The molecule has 0 atom stereocenters. The van der Waals surface area contributed by atoms with E-state index >= 15 is 0 Å². The van der Waals surface area contributed by atoms with Crippen molar-refractivity contribution in [3.05, 3.63) is 57.1 Å². The van der Waals surface area contributed by atoms with Gasteiger partial charge in [-0.2, -0.15) is 0 Å². The third kappa shape index (κ3) is 2.47. The van der Waals surface area contributed by atoms with Gasteiger partial charge in [-0.05, 0) is 23.7 Å². The molecule has 0 saturated carbocycles. The van der Waals surface area contributed by atoms with Crippen LogP contribution in [0.1, 0.15) is 0 Å². The number of aromatic amines is 1. The van der Waals surface area contributed by atoms with E-state index < -0.39 is 16.8 Å². The van der Waals surface area contributed by atoms with Gasteiger partial charge >= 0.3 is 0 Å². The van der Waals surface area contributed by atoms with E-state index in [1.807, 2.05) is 0 Å². The molecular weight excluding hydrogens is 359 g/mol. The van der Waals surface area contributed by atoms with Crippen molar-refractivity contribution in [2.24, 2.45) is 5.73 Å². The summed E-state index contributed by atoms with van der Waals surface area (Å²) in [5.74, 6) is -0.186. The molecule has 8 nitrogen and oxygen atoms in total. The molecule has 0 unspecified atom stereocenters. The fourth-order valence-corrected chi connectivity index (χ4v) is 3.66. The van der Waals surface area contributed by atoms with E-state index in [4.69, 9.17) is 5.73 Å². The lowest BCUT2D eigenvalue weighted by atomic mass is 10.1. The Morgan fingerprint density at radius 1 is 1.31 bits per heavy atom. The summed E-state index contributed by atoms with van der Waals surface area (Å²) in [5, 5.41) is 2.94. The molecule has 0 fully saturated rings. The van der Waals surface area contributed by atoms with Gasteiger partial charge in [0.15, 0.2) is 5.82 Å². The average Bonchev–Trinajstić information content (AvgIpc) is 3.03. The van der Waals surface area contributed by atoms with Crippen LogP contribution in [0.15, 0.2) is 40.3 Å². The van der Waals surface area contributed by atoms with Gasteiger partial charge < -0.3 is 11.1 Å². The number of H-pyrrole nitrogens is 1. The molecule has 3 aromatic heterocycles. The number of rotatable bonds is 4. The van der Waals surface area contributed by atoms with Crippen molar-refractivity contribution in [1.29, 1.82) is 0 Å². The van der Waals surface area contributed by atoms with E-state index in [1.165, 1.54) is 24.7 Å². The SMILES string of the molecule is NCCNc1cc2c(cc1F)c(=O)c1c(=O)[nH]sc1n2-c1cnccn1. The Labute approximate surface area is 149 Å². The Balaban J connectivity index is 2.18. The highest BCUT2D eigenvalue weighted by Gasteiger charge is 2.19. The maximum Gasteiger partial charge on any atom is 0.271 e. The average molecular weight is 372 g/mol. The van der Waals surface area contributed by atoms with Gasteiger partial charge in [0.05, 0.1) is 22.8 Å². The Morgan fingerprint density at radius 3 is 2.88 bits per heavy atom. The number of hydrogen-bond donors (Lipinski definition) is 3. The number of benzene rings is 1. The number of hydrogen-bond acceptors (Lipinski definition) is 7. The number of pyridine rings is 1. The minimum atomic E-state index is -0.597. The second kappa shape index (κ2) is 6.32. The highest BCUT2D eigenvalue weighted by atomic mass is 32.1.